The number of benzene rings is 3. The molecule has 36 heavy (non-hydrogen) atoms. The molecule has 5 rings (SSSR count). The molecule has 184 valence electrons. The third-order valence-corrected chi connectivity index (χ3v) is 7.08. The highest BCUT2D eigenvalue weighted by Crippen LogP contribution is 2.42. The zero-order valence-corrected chi connectivity index (χ0v) is 20.6. The van der Waals surface area contributed by atoms with E-state index in [1.807, 2.05) is 54.6 Å². The molecule has 1 aromatic heterocycles. The van der Waals surface area contributed by atoms with Gasteiger partial charge in [0.05, 0.1) is 18.1 Å². The van der Waals surface area contributed by atoms with Crippen molar-refractivity contribution in [2.45, 2.75) is 36.7 Å². The fourth-order valence-corrected chi connectivity index (χ4v) is 5.07. The van der Waals surface area contributed by atoms with Gasteiger partial charge in [-0.25, -0.2) is 4.79 Å². The molecule has 2 heterocycles. The molecule has 1 N–H and O–H groups in total. The number of halogens is 1. The van der Waals surface area contributed by atoms with Gasteiger partial charge in [-0.1, -0.05) is 91.0 Å². The zero-order valence-electron chi connectivity index (χ0n) is 19.8. The van der Waals surface area contributed by atoms with Crippen molar-refractivity contribution in [3.8, 4) is 0 Å². The first-order valence-electron chi connectivity index (χ1n) is 11.9. The van der Waals surface area contributed by atoms with Crippen molar-refractivity contribution in [2.75, 3.05) is 6.61 Å². The molecule has 3 atom stereocenters. The number of nitrogens with zero attached hydrogens (tertiary/aromatic N) is 1. The van der Waals surface area contributed by atoms with Crippen molar-refractivity contribution in [2.24, 2.45) is 0 Å². The molecule has 0 aliphatic carbocycles. The van der Waals surface area contributed by atoms with E-state index < -0.39 is 29.2 Å². The average molecular weight is 503 g/mol. The molecule has 0 amide bonds. The molecule has 1 aliphatic rings. The zero-order chi connectivity index (χ0) is 25.1. The standard InChI is InChI=1S/C29H27ClN2O4/c1-20-18-32(28(34)31-27(20)33)26-17-24(30)25(36-26)19-35-29(21-11-5-2-6-12-21,22-13-7-3-8-14-22)23-15-9-4-10-16-23/h2-16,18,24-26H,17,19H2,1H3,(H,31,33,34)/t24-,25-,26-/m0/s1. The number of hydrogen-bond acceptors (Lipinski definition) is 4. The Morgan fingerprint density at radius 1 is 0.917 bits per heavy atom. The van der Waals surface area contributed by atoms with Crippen LogP contribution in [-0.4, -0.2) is 27.6 Å². The highest BCUT2D eigenvalue weighted by molar-refractivity contribution is 6.21. The van der Waals surface area contributed by atoms with Crippen molar-refractivity contribution >= 4 is 11.6 Å². The molecule has 7 heteroatoms. The highest BCUT2D eigenvalue weighted by atomic mass is 35.5. The van der Waals surface area contributed by atoms with Gasteiger partial charge in [-0.2, -0.15) is 0 Å². The van der Waals surface area contributed by atoms with Gasteiger partial charge in [-0.15, -0.1) is 11.6 Å². The lowest BCUT2D eigenvalue weighted by atomic mass is 9.80. The lowest BCUT2D eigenvalue weighted by Crippen LogP contribution is -2.37. The number of H-pyrrole nitrogens is 1. The van der Waals surface area contributed by atoms with E-state index in [0.29, 0.717) is 12.0 Å². The summed E-state index contributed by atoms with van der Waals surface area (Å²) in [6.45, 7) is 1.84. The number of rotatable bonds is 7. The van der Waals surface area contributed by atoms with Crippen LogP contribution in [0.3, 0.4) is 0 Å². The average Bonchev–Trinajstić information content (AvgIpc) is 3.28. The predicted molar refractivity (Wildman–Crippen MR) is 139 cm³/mol. The van der Waals surface area contributed by atoms with Gasteiger partial charge in [0.2, 0.25) is 0 Å². The third kappa shape index (κ3) is 4.55. The maximum atomic E-state index is 12.4. The molecule has 3 aromatic carbocycles. The van der Waals surface area contributed by atoms with Gasteiger partial charge >= 0.3 is 5.69 Å². The molecule has 1 saturated heterocycles. The lowest BCUT2D eigenvalue weighted by molar-refractivity contribution is -0.0768. The predicted octanol–water partition coefficient (Wildman–Crippen LogP) is 4.75. The first kappa shape index (κ1) is 24.3. The molecule has 4 aromatic rings. The van der Waals surface area contributed by atoms with Gasteiger partial charge in [0.15, 0.2) is 0 Å². The van der Waals surface area contributed by atoms with Gasteiger partial charge in [0.25, 0.3) is 5.56 Å². The largest absolute Gasteiger partial charge is 0.358 e. The Bertz CT molecular complexity index is 1320. The van der Waals surface area contributed by atoms with E-state index in [1.54, 1.807) is 6.92 Å². The molecular formula is C29H27ClN2O4. The Kier molecular flexibility index (Phi) is 6.92. The van der Waals surface area contributed by atoms with Crippen LogP contribution in [0.4, 0.5) is 0 Å². The molecule has 1 aliphatic heterocycles. The number of aryl methyl sites for hydroxylation is 1. The second-order valence-electron chi connectivity index (χ2n) is 8.95. The first-order chi connectivity index (χ1) is 17.5. The van der Waals surface area contributed by atoms with Crippen LogP contribution in [0, 0.1) is 6.92 Å². The van der Waals surface area contributed by atoms with E-state index in [4.69, 9.17) is 21.1 Å². The normalized spacial score (nSPS) is 19.9. The molecule has 0 unspecified atom stereocenters. The second-order valence-corrected chi connectivity index (χ2v) is 9.51. The fourth-order valence-electron chi connectivity index (χ4n) is 4.79. The van der Waals surface area contributed by atoms with E-state index in [0.717, 1.165) is 16.7 Å². The van der Waals surface area contributed by atoms with Crippen LogP contribution in [-0.2, 0) is 15.1 Å². The van der Waals surface area contributed by atoms with Gasteiger partial charge in [0, 0.05) is 18.2 Å². The van der Waals surface area contributed by atoms with Crippen LogP contribution < -0.4 is 11.2 Å². The monoisotopic (exact) mass is 502 g/mol. The fraction of sp³-hybridized carbons (Fsp3) is 0.241. The highest BCUT2D eigenvalue weighted by Gasteiger charge is 2.41. The van der Waals surface area contributed by atoms with Crippen LogP contribution in [0.5, 0.6) is 0 Å². The number of hydrogen-bond donors (Lipinski definition) is 1. The number of alkyl halides is 1. The number of ether oxygens (including phenoxy) is 2. The minimum Gasteiger partial charge on any atom is -0.358 e. The van der Waals surface area contributed by atoms with Crippen LogP contribution in [0.15, 0.2) is 107 Å². The van der Waals surface area contributed by atoms with Gasteiger partial charge in [-0.05, 0) is 23.6 Å². The molecular weight excluding hydrogens is 476 g/mol. The topological polar surface area (TPSA) is 73.3 Å². The summed E-state index contributed by atoms with van der Waals surface area (Å²) in [5.41, 5.74) is 1.55. The SMILES string of the molecule is Cc1cn([C@@H]2C[C@H](Cl)[C@H](COC(c3ccccc3)(c3ccccc3)c3ccccc3)O2)c(=O)[nH]c1=O. The Morgan fingerprint density at radius 2 is 1.42 bits per heavy atom. The smallest absolute Gasteiger partial charge is 0.330 e. The summed E-state index contributed by atoms with van der Waals surface area (Å²) in [7, 11) is 0. The molecule has 1 fully saturated rings. The Balaban J connectivity index is 1.50. The summed E-state index contributed by atoms with van der Waals surface area (Å²) in [6.07, 6.45) is 0.867. The minimum absolute atomic E-state index is 0.195. The molecule has 6 nitrogen and oxygen atoms in total. The molecule has 0 spiro atoms. The van der Waals surface area contributed by atoms with Crippen LogP contribution in [0.2, 0.25) is 0 Å². The van der Waals surface area contributed by atoms with E-state index in [9.17, 15) is 9.59 Å². The van der Waals surface area contributed by atoms with E-state index in [-0.39, 0.29) is 12.0 Å². The summed E-state index contributed by atoms with van der Waals surface area (Å²) in [6, 6.07) is 30.2. The van der Waals surface area contributed by atoms with E-state index >= 15 is 0 Å². The van der Waals surface area contributed by atoms with Crippen molar-refractivity contribution in [3.63, 3.8) is 0 Å². The lowest BCUT2D eigenvalue weighted by Gasteiger charge is -2.37. The number of nitrogens with one attached hydrogen (secondary N) is 1. The summed E-state index contributed by atoms with van der Waals surface area (Å²) >= 11 is 6.72. The van der Waals surface area contributed by atoms with Gasteiger partial charge in [0.1, 0.15) is 11.8 Å². The van der Waals surface area contributed by atoms with Crippen molar-refractivity contribution < 1.29 is 9.47 Å². The van der Waals surface area contributed by atoms with Gasteiger partial charge in [-0.3, -0.25) is 14.3 Å². The summed E-state index contributed by atoms with van der Waals surface area (Å²) in [5.74, 6) is 0. The number of aromatic nitrogens is 2. The van der Waals surface area contributed by atoms with E-state index in [1.165, 1.54) is 10.8 Å². The molecule has 0 radical (unpaired) electrons. The summed E-state index contributed by atoms with van der Waals surface area (Å²) < 4.78 is 14.5. The quantitative estimate of drug-likeness (QED) is 0.292. The maximum Gasteiger partial charge on any atom is 0.330 e. The Labute approximate surface area is 214 Å². The first-order valence-corrected chi connectivity index (χ1v) is 12.3. The number of aromatic amines is 1. The minimum atomic E-state index is -0.896. The second kappa shape index (κ2) is 10.3. The van der Waals surface area contributed by atoms with Crippen LogP contribution in [0.25, 0.3) is 0 Å². The van der Waals surface area contributed by atoms with Crippen molar-refractivity contribution in [1.29, 1.82) is 0 Å². The summed E-state index contributed by atoms with van der Waals surface area (Å²) in [4.78, 5) is 26.5. The third-order valence-electron chi connectivity index (χ3n) is 6.62. The maximum absolute atomic E-state index is 12.4. The van der Waals surface area contributed by atoms with Crippen molar-refractivity contribution in [1.82, 2.24) is 9.55 Å². The Morgan fingerprint density at radius 3 is 1.92 bits per heavy atom. The summed E-state index contributed by atoms with van der Waals surface area (Å²) in [5, 5.41) is -0.380. The van der Waals surface area contributed by atoms with Crippen molar-refractivity contribution in [3.05, 3.63) is 140 Å². The molecule has 0 saturated carbocycles. The molecule has 0 bridgehead atoms. The van der Waals surface area contributed by atoms with Crippen LogP contribution in [0.1, 0.15) is 34.9 Å². The van der Waals surface area contributed by atoms with E-state index in [2.05, 4.69) is 41.4 Å². The Hall–Kier alpha value is -3.45. The van der Waals surface area contributed by atoms with Gasteiger partial charge < -0.3 is 9.47 Å². The van der Waals surface area contributed by atoms with Crippen LogP contribution >= 0.6 is 11.6 Å².